The summed E-state index contributed by atoms with van der Waals surface area (Å²) in [6.45, 7) is 2.25. The Morgan fingerprint density at radius 2 is 1.85 bits per heavy atom. The quantitative estimate of drug-likeness (QED) is 0.591. The minimum Gasteiger partial charge on any atom is -0.354 e. The van der Waals surface area contributed by atoms with E-state index in [-0.39, 0.29) is 18.1 Å². The number of rotatable bonds is 10. The van der Waals surface area contributed by atoms with Gasteiger partial charge in [-0.1, -0.05) is 38.0 Å². The predicted octanol–water partition coefficient (Wildman–Crippen LogP) is 1.10. The van der Waals surface area contributed by atoms with Crippen molar-refractivity contribution in [2.24, 2.45) is 0 Å². The number of hydrogen-bond acceptors (Lipinski definition) is 5. The molecule has 0 unspecified atom stereocenters. The monoisotopic (exact) mass is 402 g/mol. The minimum absolute atomic E-state index is 0.0167. The third kappa shape index (κ3) is 5.70. The van der Waals surface area contributed by atoms with Gasteiger partial charge in [0.15, 0.2) is 9.84 Å². The highest BCUT2D eigenvalue weighted by Crippen LogP contribution is 2.29. The molecule has 0 aromatic heterocycles. The number of sulfone groups is 1. The number of nitrogens with one attached hydrogen (secondary N) is 1. The molecule has 1 heterocycles. The van der Waals surface area contributed by atoms with Gasteiger partial charge in [0.25, 0.3) is 0 Å². The van der Waals surface area contributed by atoms with Gasteiger partial charge in [-0.15, -0.1) is 0 Å². The molecule has 0 saturated carbocycles. The SMILES string of the molecule is CCCCCS(=O)(=O)CC(=O)NCCS(=O)(=O)N1CCc2ccccc21. The molecule has 26 heavy (non-hydrogen) atoms. The number of nitrogens with zero attached hydrogens (tertiary/aromatic N) is 1. The van der Waals surface area contributed by atoms with Crippen molar-refractivity contribution >= 4 is 31.5 Å². The molecule has 0 aliphatic carbocycles. The summed E-state index contributed by atoms with van der Waals surface area (Å²) in [6, 6.07) is 7.32. The lowest BCUT2D eigenvalue weighted by Crippen LogP contribution is -2.38. The average Bonchev–Trinajstić information content (AvgIpc) is 2.99. The lowest BCUT2D eigenvalue weighted by molar-refractivity contribution is -0.118. The Kier molecular flexibility index (Phi) is 7.05. The van der Waals surface area contributed by atoms with Gasteiger partial charge in [0.05, 0.1) is 17.2 Å². The maximum atomic E-state index is 12.5. The molecule has 146 valence electrons. The van der Waals surface area contributed by atoms with Crippen LogP contribution in [0.15, 0.2) is 24.3 Å². The van der Waals surface area contributed by atoms with Crippen molar-refractivity contribution in [3.05, 3.63) is 29.8 Å². The van der Waals surface area contributed by atoms with E-state index in [0.29, 0.717) is 25.1 Å². The lowest BCUT2D eigenvalue weighted by atomic mass is 10.2. The van der Waals surface area contributed by atoms with Gasteiger partial charge >= 0.3 is 0 Å². The van der Waals surface area contributed by atoms with E-state index in [2.05, 4.69) is 5.32 Å². The smallest absolute Gasteiger partial charge is 0.236 e. The molecule has 0 spiro atoms. The third-order valence-corrected chi connectivity index (χ3v) is 7.66. The molecule has 1 N–H and O–H groups in total. The van der Waals surface area contributed by atoms with Crippen molar-refractivity contribution in [3.8, 4) is 0 Å². The van der Waals surface area contributed by atoms with Crippen LogP contribution >= 0.6 is 0 Å². The summed E-state index contributed by atoms with van der Waals surface area (Å²) in [7, 11) is -7.01. The van der Waals surface area contributed by atoms with Crippen molar-refractivity contribution in [3.63, 3.8) is 0 Å². The first-order chi connectivity index (χ1) is 12.2. The van der Waals surface area contributed by atoms with Gasteiger partial charge in [-0.3, -0.25) is 9.10 Å². The number of unbranched alkanes of at least 4 members (excludes halogenated alkanes) is 2. The van der Waals surface area contributed by atoms with Crippen LogP contribution in [0.25, 0.3) is 0 Å². The number of carbonyl (C=O) groups excluding carboxylic acids is 1. The molecule has 1 amide bonds. The Morgan fingerprint density at radius 1 is 1.12 bits per heavy atom. The minimum atomic E-state index is -3.56. The van der Waals surface area contributed by atoms with Crippen LogP contribution in [-0.4, -0.2) is 53.1 Å². The van der Waals surface area contributed by atoms with Crippen molar-refractivity contribution in [1.82, 2.24) is 5.32 Å². The molecular formula is C17H26N2O5S2. The summed E-state index contributed by atoms with van der Waals surface area (Å²) in [5.41, 5.74) is 1.66. The second-order valence-electron chi connectivity index (χ2n) is 6.42. The van der Waals surface area contributed by atoms with Crippen LogP contribution in [0.1, 0.15) is 31.7 Å². The number of para-hydroxylation sites is 1. The molecule has 9 heteroatoms. The predicted molar refractivity (Wildman–Crippen MR) is 102 cm³/mol. The molecule has 0 atom stereocenters. The topological polar surface area (TPSA) is 101 Å². The van der Waals surface area contributed by atoms with Gasteiger partial charge in [0.1, 0.15) is 5.75 Å². The van der Waals surface area contributed by atoms with Gasteiger partial charge in [0, 0.05) is 13.1 Å². The van der Waals surface area contributed by atoms with Crippen LogP contribution in [0.2, 0.25) is 0 Å². The number of carbonyl (C=O) groups is 1. The van der Waals surface area contributed by atoms with Gasteiger partial charge in [0.2, 0.25) is 15.9 Å². The number of sulfonamides is 1. The summed E-state index contributed by atoms with van der Waals surface area (Å²) >= 11 is 0. The maximum absolute atomic E-state index is 12.5. The Morgan fingerprint density at radius 3 is 2.58 bits per heavy atom. The number of fused-ring (bicyclic) bond motifs is 1. The lowest BCUT2D eigenvalue weighted by Gasteiger charge is -2.19. The summed E-state index contributed by atoms with van der Waals surface area (Å²) in [5.74, 6) is -1.53. The van der Waals surface area contributed by atoms with Gasteiger partial charge < -0.3 is 5.32 Å². The Hall–Kier alpha value is -1.61. The van der Waals surface area contributed by atoms with Crippen LogP contribution in [-0.2, 0) is 31.1 Å². The summed E-state index contributed by atoms with van der Waals surface area (Å²) in [4.78, 5) is 11.8. The molecule has 1 aromatic rings. The normalized spacial score (nSPS) is 14.3. The summed E-state index contributed by atoms with van der Waals surface area (Å²) in [6.07, 6.45) is 2.90. The zero-order chi connectivity index (χ0) is 19.2. The first-order valence-corrected chi connectivity index (χ1v) is 12.2. The van der Waals surface area contributed by atoms with E-state index in [4.69, 9.17) is 0 Å². The number of amides is 1. The van der Waals surface area contributed by atoms with E-state index in [1.165, 1.54) is 4.31 Å². The van der Waals surface area contributed by atoms with Crippen molar-refractivity contribution in [1.29, 1.82) is 0 Å². The van der Waals surface area contributed by atoms with Crippen LogP contribution < -0.4 is 9.62 Å². The van der Waals surface area contributed by atoms with Crippen molar-refractivity contribution in [2.75, 3.05) is 34.7 Å². The van der Waals surface area contributed by atoms with Crippen LogP contribution in [0.4, 0.5) is 5.69 Å². The number of anilines is 1. The van der Waals surface area contributed by atoms with E-state index < -0.39 is 31.5 Å². The second-order valence-corrected chi connectivity index (χ2v) is 10.6. The molecule has 2 rings (SSSR count). The van der Waals surface area contributed by atoms with E-state index in [1.807, 2.05) is 19.1 Å². The molecule has 1 aromatic carbocycles. The standard InChI is InChI=1S/C17H26N2O5S2/c1-2-3-6-12-25(21,22)14-17(20)18-10-13-26(23,24)19-11-9-15-7-4-5-8-16(15)19/h4-5,7-8H,2-3,6,9-14H2,1H3,(H,18,20). The zero-order valence-electron chi connectivity index (χ0n) is 15.0. The van der Waals surface area contributed by atoms with Crippen LogP contribution in [0.5, 0.6) is 0 Å². The van der Waals surface area contributed by atoms with Crippen molar-refractivity contribution in [2.45, 2.75) is 32.6 Å². The Labute approximate surface area is 155 Å². The van der Waals surface area contributed by atoms with Gasteiger partial charge in [-0.05, 0) is 24.5 Å². The summed E-state index contributed by atoms with van der Waals surface area (Å²) in [5, 5.41) is 2.41. The average molecular weight is 403 g/mol. The molecule has 0 radical (unpaired) electrons. The van der Waals surface area contributed by atoms with Crippen LogP contribution in [0, 0.1) is 0 Å². The molecule has 7 nitrogen and oxygen atoms in total. The highest BCUT2D eigenvalue weighted by Gasteiger charge is 2.28. The number of hydrogen-bond donors (Lipinski definition) is 1. The maximum Gasteiger partial charge on any atom is 0.236 e. The molecule has 0 saturated heterocycles. The highest BCUT2D eigenvalue weighted by molar-refractivity contribution is 7.92. The molecule has 0 fully saturated rings. The van der Waals surface area contributed by atoms with Gasteiger partial charge in [-0.25, -0.2) is 16.8 Å². The Balaban J connectivity index is 1.83. The zero-order valence-corrected chi connectivity index (χ0v) is 16.6. The fraction of sp³-hybridized carbons (Fsp3) is 0.588. The molecule has 1 aliphatic heterocycles. The van der Waals surface area contributed by atoms with E-state index in [9.17, 15) is 21.6 Å². The molecule has 0 bridgehead atoms. The Bertz CT molecular complexity index is 834. The summed E-state index contributed by atoms with van der Waals surface area (Å²) < 4.78 is 50.0. The van der Waals surface area contributed by atoms with Crippen molar-refractivity contribution < 1.29 is 21.6 Å². The largest absolute Gasteiger partial charge is 0.354 e. The highest BCUT2D eigenvalue weighted by atomic mass is 32.2. The third-order valence-electron chi connectivity index (χ3n) is 4.27. The molecular weight excluding hydrogens is 376 g/mol. The first kappa shape index (κ1) is 20.7. The first-order valence-electron chi connectivity index (χ1n) is 8.80. The van der Waals surface area contributed by atoms with Crippen LogP contribution in [0.3, 0.4) is 0 Å². The fourth-order valence-corrected chi connectivity index (χ4v) is 5.64. The van der Waals surface area contributed by atoms with E-state index in [1.54, 1.807) is 12.1 Å². The fourth-order valence-electron chi connectivity index (χ4n) is 2.92. The van der Waals surface area contributed by atoms with E-state index in [0.717, 1.165) is 18.4 Å². The molecule has 1 aliphatic rings. The van der Waals surface area contributed by atoms with E-state index >= 15 is 0 Å². The number of benzene rings is 1. The second kappa shape index (κ2) is 8.85. The van der Waals surface area contributed by atoms with Gasteiger partial charge in [-0.2, -0.15) is 0 Å².